The number of ether oxygens (including phenoxy) is 1. The Morgan fingerprint density at radius 2 is 1.97 bits per heavy atom. The van der Waals surface area contributed by atoms with Crippen LogP contribution in [0.25, 0.3) is 6.08 Å². The molecule has 0 aromatic carbocycles. The van der Waals surface area contributed by atoms with Gasteiger partial charge in [0, 0.05) is 12.3 Å². The zero-order chi connectivity index (χ0) is 27.0. The van der Waals surface area contributed by atoms with Gasteiger partial charge in [-0.25, -0.2) is 4.98 Å². The number of allylic oxidation sites excluding steroid dienone is 1. The monoisotopic (exact) mass is 505 g/mol. The molecule has 0 bridgehead atoms. The molecule has 36 heavy (non-hydrogen) atoms. The molecule has 3 N–H and O–H groups in total. The minimum atomic E-state index is -1.26. The summed E-state index contributed by atoms with van der Waals surface area (Å²) in [6, 6.07) is 0. The number of nitrogens with zero attached hydrogens (tertiary/aromatic N) is 1. The molecule has 0 aliphatic carbocycles. The first-order chi connectivity index (χ1) is 16.9. The van der Waals surface area contributed by atoms with Gasteiger partial charge in [0.05, 0.1) is 24.0 Å². The summed E-state index contributed by atoms with van der Waals surface area (Å²) in [4.78, 5) is 30.4. The van der Waals surface area contributed by atoms with Gasteiger partial charge in [-0.3, -0.25) is 9.59 Å². The number of carbonyl (C=O) groups excluding carboxylic acids is 2. The van der Waals surface area contributed by atoms with E-state index in [0.29, 0.717) is 18.5 Å². The van der Waals surface area contributed by atoms with E-state index >= 15 is 0 Å². The van der Waals surface area contributed by atoms with Crippen molar-refractivity contribution in [1.82, 2.24) is 4.98 Å². The van der Waals surface area contributed by atoms with Crippen molar-refractivity contribution in [3.05, 3.63) is 35.1 Å². The quantitative estimate of drug-likeness (QED) is 0.406. The molecule has 0 saturated heterocycles. The molecular formula is C28H43NO7. The van der Waals surface area contributed by atoms with Crippen molar-refractivity contribution in [3.63, 3.8) is 0 Å². The van der Waals surface area contributed by atoms with Crippen LogP contribution in [-0.2, 0) is 20.9 Å². The highest BCUT2D eigenvalue weighted by Gasteiger charge is 2.43. The molecule has 1 aromatic heterocycles. The van der Waals surface area contributed by atoms with E-state index in [9.17, 15) is 24.9 Å². The van der Waals surface area contributed by atoms with Crippen LogP contribution in [-0.4, -0.2) is 50.4 Å². The largest absolute Gasteiger partial charge is 0.457 e. The maximum Gasteiger partial charge on any atom is 0.309 e. The second-order valence-electron chi connectivity index (χ2n) is 10.7. The van der Waals surface area contributed by atoms with Gasteiger partial charge in [0.1, 0.15) is 30.5 Å². The van der Waals surface area contributed by atoms with Crippen molar-refractivity contribution in [1.29, 1.82) is 0 Å². The summed E-state index contributed by atoms with van der Waals surface area (Å²) < 4.78 is 10.9. The molecule has 0 fully saturated rings. The zero-order valence-electron chi connectivity index (χ0n) is 22.5. The Bertz CT molecular complexity index is 945. The average Bonchev–Trinajstić information content (AvgIpc) is 3.28. The van der Waals surface area contributed by atoms with E-state index in [1.165, 1.54) is 6.26 Å². The van der Waals surface area contributed by atoms with Gasteiger partial charge in [-0.05, 0) is 57.1 Å². The third-order valence-corrected chi connectivity index (χ3v) is 7.37. The number of rotatable bonds is 4. The Balaban J connectivity index is 2.35. The Labute approximate surface area is 214 Å². The van der Waals surface area contributed by atoms with Crippen LogP contribution in [0.5, 0.6) is 0 Å². The number of oxazole rings is 1. The second kappa shape index (κ2) is 13.3. The standard InChI is InChI=1S/C28H43NO7/c1-7-21-26(33)18(3)10-8-9-17(2)11-12-22(19(4)13-20-16-35-24(15-30)29-20)36-25(32)14-23(31)28(5,6)27(21)34/h11,13,16,18,21-23,26,30-31,33H,7-10,12,14-15H2,1-6H3/b17-11-,19-13+/t18-,21+,22-,23-,26-/m0/s1. The fraction of sp³-hybridized carbons (Fsp3) is 0.679. The highest BCUT2D eigenvalue weighted by molar-refractivity contribution is 5.88. The Morgan fingerprint density at radius 1 is 1.28 bits per heavy atom. The van der Waals surface area contributed by atoms with Gasteiger partial charge in [0.15, 0.2) is 0 Å². The molecule has 0 spiro atoms. The SMILES string of the molecule is CC[C@H]1C(=O)C(C)(C)[C@@H](O)CC(=O)O[C@H](/C(C)=C/c2coc(CO)n2)C/C=C(/C)CCC[C@H](C)[C@@H]1O. The molecule has 202 valence electrons. The summed E-state index contributed by atoms with van der Waals surface area (Å²) in [6.45, 7) is 10.6. The predicted molar refractivity (Wildman–Crippen MR) is 137 cm³/mol. The van der Waals surface area contributed by atoms with Crippen LogP contribution in [0, 0.1) is 17.3 Å². The normalized spacial score (nSPS) is 31.0. The lowest BCUT2D eigenvalue weighted by atomic mass is 9.71. The number of hydrogen-bond donors (Lipinski definition) is 3. The third-order valence-electron chi connectivity index (χ3n) is 7.37. The van der Waals surface area contributed by atoms with Crippen molar-refractivity contribution >= 4 is 17.8 Å². The molecule has 0 amide bonds. The van der Waals surface area contributed by atoms with E-state index in [1.54, 1.807) is 19.9 Å². The number of esters is 1. The Hall–Kier alpha value is -2.29. The molecule has 1 aromatic rings. The van der Waals surface area contributed by atoms with Gasteiger partial charge in [-0.1, -0.05) is 39.3 Å². The van der Waals surface area contributed by atoms with Gasteiger partial charge in [0.2, 0.25) is 5.89 Å². The van der Waals surface area contributed by atoms with Gasteiger partial charge in [-0.2, -0.15) is 0 Å². The summed E-state index contributed by atoms with van der Waals surface area (Å²) in [5.41, 5.74) is 1.16. The summed E-state index contributed by atoms with van der Waals surface area (Å²) in [5.74, 6) is -1.35. The Kier molecular flexibility index (Phi) is 11.1. The van der Waals surface area contributed by atoms with E-state index < -0.39 is 35.6 Å². The molecule has 2 heterocycles. The molecule has 1 aliphatic rings. The third kappa shape index (κ3) is 7.85. The highest BCUT2D eigenvalue weighted by Crippen LogP contribution is 2.34. The molecule has 0 saturated carbocycles. The number of ketones is 1. The number of cyclic esters (lactones) is 1. The van der Waals surface area contributed by atoms with E-state index in [-0.39, 0.29) is 30.6 Å². The molecule has 8 nitrogen and oxygen atoms in total. The maximum absolute atomic E-state index is 13.4. The van der Waals surface area contributed by atoms with Gasteiger partial charge >= 0.3 is 5.97 Å². The zero-order valence-corrected chi connectivity index (χ0v) is 22.5. The number of carbonyl (C=O) groups is 2. The number of Topliss-reactive ketones (excluding diaryl/α,β-unsaturated/α-hetero) is 1. The van der Waals surface area contributed by atoms with Crippen molar-refractivity contribution in [2.75, 3.05) is 0 Å². The highest BCUT2D eigenvalue weighted by atomic mass is 16.5. The van der Waals surface area contributed by atoms with Gasteiger partial charge in [-0.15, -0.1) is 0 Å². The van der Waals surface area contributed by atoms with E-state index in [0.717, 1.165) is 30.4 Å². The average molecular weight is 506 g/mol. The molecule has 0 unspecified atom stereocenters. The fourth-order valence-corrected chi connectivity index (χ4v) is 4.64. The molecule has 2 rings (SSSR count). The second-order valence-corrected chi connectivity index (χ2v) is 10.7. The number of aliphatic hydroxyl groups excluding tert-OH is 3. The lowest BCUT2D eigenvalue weighted by Crippen LogP contribution is -2.46. The summed E-state index contributed by atoms with van der Waals surface area (Å²) in [6.07, 6.45) is 5.57. The van der Waals surface area contributed by atoms with Crippen LogP contribution in [0.2, 0.25) is 0 Å². The molecule has 5 atom stereocenters. The van der Waals surface area contributed by atoms with Crippen LogP contribution >= 0.6 is 0 Å². The first-order valence-corrected chi connectivity index (χ1v) is 12.9. The van der Waals surface area contributed by atoms with Gasteiger partial charge in [0.25, 0.3) is 0 Å². The lowest BCUT2D eigenvalue weighted by molar-refractivity contribution is -0.154. The topological polar surface area (TPSA) is 130 Å². The molecule has 1 aliphatic heterocycles. The van der Waals surface area contributed by atoms with E-state index in [2.05, 4.69) is 4.98 Å². The van der Waals surface area contributed by atoms with E-state index in [4.69, 9.17) is 9.15 Å². The molecular weight excluding hydrogens is 462 g/mol. The van der Waals surface area contributed by atoms with Gasteiger partial charge < -0.3 is 24.5 Å². The summed E-state index contributed by atoms with van der Waals surface area (Å²) in [5, 5.41) is 31.0. The number of aromatic nitrogens is 1. The fourth-order valence-electron chi connectivity index (χ4n) is 4.64. The van der Waals surface area contributed by atoms with Crippen LogP contribution in [0.1, 0.15) is 91.7 Å². The summed E-state index contributed by atoms with van der Waals surface area (Å²) >= 11 is 0. The smallest absolute Gasteiger partial charge is 0.309 e. The van der Waals surface area contributed by atoms with Crippen molar-refractivity contribution in [2.45, 2.75) is 105 Å². The van der Waals surface area contributed by atoms with Crippen LogP contribution in [0.3, 0.4) is 0 Å². The maximum atomic E-state index is 13.4. The number of hydrogen-bond acceptors (Lipinski definition) is 8. The Morgan fingerprint density at radius 3 is 2.58 bits per heavy atom. The first-order valence-electron chi connectivity index (χ1n) is 12.9. The summed E-state index contributed by atoms with van der Waals surface area (Å²) in [7, 11) is 0. The minimum absolute atomic E-state index is 0.0679. The lowest BCUT2D eigenvalue weighted by Gasteiger charge is -2.35. The molecule has 0 radical (unpaired) electrons. The number of aliphatic hydroxyl groups is 3. The van der Waals surface area contributed by atoms with E-state index in [1.807, 2.05) is 33.8 Å². The van der Waals surface area contributed by atoms with Crippen molar-refractivity contribution in [2.24, 2.45) is 17.3 Å². The van der Waals surface area contributed by atoms with Crippen LogP contribution in [0.15, 0.2) is 27.9 Å². The van der Waals surface area contributed by atoms with Crippen molar-refractivity contribution < 1.29 is 34.1 Å². The minimum Gasteiger partial charge on any atom is -0.457 e. The first kappa shape index (κ1) is 29.9. The van der Waals surface area contributed by atoms with Crippen LogP contribution < -0.4 is 0 Å². The van der Waals surface area contributed by atoms with Crippen LogP contribution in [0.4, 0.5) is 0 Å². The molecule has 8 heteroatoms. The van der Waals surface area contributed by atoms with Crippen molar-refractivity contribution in [3.8, 4) is 0 Å². The predicted octanol–water partition coefficient (Wildman–Crippen LogP) is 4.37.